The lowest BCUT2D eigenvalue weighted by molar-refractivity contribution is 0.0952. The summed E-state index contributed by atoms with van der Waals surface area (Å²) in [5.41, 5.74) is 1.25. The molecular formula is C17H21NO3. The molecule has 0 heterocycles. The van der Waals surface area contributed by atoms with Crippen molar-refractivity contribution in [1.29, 1.82) is 0 Å². The molecule has 1 aromatic carbocycles. The summed E-state index contributed by atoms with van der Waals surface area (Å²) in [6, 6.07) is 5.22. The van der Waals surface area contributed by atoms with Gasteiger partial charge in [-0.1, -0.05) is 24.7 Å². The lowest BCUT2D eigenvalue weighted by atomic mass is 10.1. The number of ether oxygens (including phenoxy) is 1. The average molecular weight is 287 g/mol. The molecule has 2 N–H and O–H groups in total. The highest BCUT2D eigenvalue weighted by Gasteiger charge is 2.20. The third-order valence-corrected chi connectivity index (χ3v) is 3.46. The zero-order valence-electron chi connectivity index (χ0n) is 12.3. The van der Waals surface area contributed by atoms with Gasteiger partial charge in [0.1, 0.15) is 5.75 Å². The van der Waals surface area contributed by atoms with Gasteiger partial charge in [-0.05, 0) is 30.5 Å². The summed E-state index contributed by atoms with van der Waals surface area (Å²) in [5.74, 6) is 7.14. The maximum absolute atomic E-state index is 12.1. The molecule has 0 spiro atoms. The van der Waals surface area contributed by atoms with Crippen LogP contribution in [0.2, 0.25) is 0 Å². The Hall–Kier alpha value is -1.99. The molecule has 0 bridgehead atoms. The molecule has 0 atom stereocenters. The van der Waals surface area contributed by atoms with Gasteiger partial charge in [0.2, 0.25) is 0 Å². The molecule has 1 aromatic rings. The number of rotatable bonds is 6. The molecule has 4 heteroatoms. The largest absolute Gasteiger partial charge is 0.495 e. The smallest absolute Gasteiger partial charge is 0.251 e. The van der Waals surface area contributed by atoms with Crippen LogP contribution in [0.3, 0.4) is 0 Å². The molecule has 1 aliphatic rings. The zero-order valence-corrected chi connectivity index (χ0v) is 12.3. The maximum Gasteiger partial charge on any atom is 0.251 e. The molecule has 1 amide bonds. The minimum Gasteiger partial charge on any atom is -0.495 e. The fourth-order valence-electron chi connectivity index (χ4n) is 2.06. The number of carbonyl (C=O) groups excluding carboxylic acids is 1. The van der Waals surface area contributed by atoms with Crippen LogP contribution in [0.1, 0.15) is 41.6 Å². The first-order valence-electron chi connectivity index (χ1n) is 7.30. The Labute approximate surface area is 125 Å². The van der Waals surface area contributed by atoms with E-state index in [0.717, 1.165) is 18.9 Å². The van der Waals surface area contributed by atoms with Gasteiger partial charge >= 0.3 is 0 Å². The number of amides is 1. The van der Waals surface area contributed by atoms with Gasteiger partial charge in [0, 0.05) is 18.5 Å². The van der Waals surface area contributed by atoms with Crippen molar-refractivity contribution in [3.8, 4) is 17.6 Å². The molecule has 2 rings (SSSR count). The minimum absolute atomic E-state index is 0.0245. The Morgan fingerprint density at radius 2 is 2.29 bits per heavy atom. The van der Waals surface area contributed by atoms with Gasteiger partial charge in [0.25, 0.3) is 5.91 Å². The summed E-state index contributed by atoms with van der Waals surface area (Å²) in [6.45, 7) is 0.748. The topological polar surface area (TPSA) is 58.6 Å². The van der Waals surface area contributed by atoms with Crippen molar-refractivity contribution in [2.45, 2.75) is 25.7 Å². The first kappa shape index (κ1) is 15.4. The van der Waals surface area contributed by atoms with E-state index in [9.17, 15) is 4.79 Å². The quantitative estimate of drug-likeness (QED) is 0.786. The van der Waals surface area contributed by atoms with Crippen LogP contribution in [0.5, 0.6) is 5.75 Å². The van der Waals surface area contributed by atoms with Crippen molar-refractivity contribution in [3.63, 3.8) is 0 Å². The van der Waals surface area contributed by atoms with Crippen molar-refractivity contribution < 1.29 is 14.6 Å². The number of hydrogen-bond donors (Lipinski definition) is 2. The van der Waals surface area contributed by atoms with Gasteiger partial charge in [-0.3, -0.25) is 4.79 Å². The SMILES string of the molecule is COc1ccc(C(=O)NCCC2CC2)cc1C#CCCO. The van der Waals surface area contributed by atoms with Crippen LogP contribution in [0.25, 0.3) is 0 Å². The lowest BCUT2D eigenvalue weighted by Gasteiger charge is -2.08. The number of carbonyl (C=O) groups is 1. The van der Waals surface area contributed by atoms with Crippen LogP contribution in [0.4, 0.5) is 0 Å². The fraction of sp³-hybridized carbons (Fsp3) is 0.471. The van der Waals surface area contributed by atoms with Crippen LogP contribution in [0, 0.1) is 17.8 Å². The summed E-state index contributed by atoms with van der Waals surface area (Å²) in [4.78, 5) is 12.1. The fourth-order valence-corrected chi connectivity index (χ4v) is 2.06. The van der Waals surface area contributed by atoms with Gasteiger partial charge < -0.3 is 15.2 Å². The van der Waals surface area contributed by atoms with Gasteiger partial charge in [0.05, 0.1) is 19.3 Å². The number of aliphatic hydroxyl groups excluding tert-OH is 1. The van der Waals surface area contributed by atoms with E-state index in [0.29, 0.717) is 23.3 Å². The number of nitrogens with one attached hydrogen (secondary N) is 1. The van der Waals surface area contributed by atoms with E-state index in [1.807, 2.05) is 0 Å². The Kier molecular flexibility index (Phi) is 5.65. The third-order valence-electron chi connectivity index (χ3n) is 3.46. The summed E-state index contributed by atoms with van der Waals surface area (Å²) < 4.78 is 5.23. The van der Waals surface area contributed by atoms with E-state index < -0.39 is 0 Å². The molecule has 112 valence electrons. The van der Waals surface area contributed by atoms with Crippen LogP contribution in [-0.4, -0.2) is 31.3 Å². The Bertz CT molecular complexity index is 553. The van der Waals surface area contributed by atoms with Gasteiger partial charge in [0.15, 0.2) is 0 Å². The summed E-state index contributed by atoms with van der Waals surface area (Å²) >= 11 is 0. The van der Waals surface area contributed by atoms with E-state index >= 15 is 0 Å². The standard InChI is InChI=1S/C17H21NO3/c1-21-16-8-7-15(12-14(16)4-2-3-11-19)17(20)18-10-9-13-5-6-13/h7-8,12-13,19H,3,5-6,9-11H2,1H3,(H,18,20). The van der Waals surface area contributed by atoms with E-state index in [2.05, 4.69) is 17.2 Å². The van der Waals surface area contributed by atoms with Crippen molar-refractivity contribution in [3.05, 3.63) is 29.3 Å². The first-order valence-corrected chi connectivity index (χ1v) is 7.30. The van der Waals surface area contributed by atoms with E-state index in [-0.39, 0.29) is 12.5 Å². The molecule has 0 saturated heterocycles. The van der Waals surface area contributed by atoms with Gasteiger partial charge in [-0.15, -0.1) is 0 Å². The molecule has 0 aliphatic heterocycles. The molecule has 4 nitrogen and oxygen atoms in total. The van der Waals surface area contributed by atoms with Gasteiger partial charge in [-0.25, -0.2) is 0 Å². The van der Waals surface area contributed by atoms with Crippen molar-refractivity contribution >= 4 is 5.91 Å². The summed E-state index contributed by atoms with van der Waals surface area (Å²) in [5, 5.41) is 11.7. The second kappa shape index (κ2) is 7.70. The summed E-state index contributed by atoms with van der Waals surface area (Å²) in [6.07, 6.45) is 4.05. The van der Waals surface area contributed by atoms with E-state index in [4.69, 9.17) is 9.84 Å². The Morgan fingerprint density at radius 1 is 1.48 bits per heavy atom. The van der Waals surface area contributed by atoms with Crippen molar-refractivity contribution in [2.24, 2.45) is 5.92 Å². The highest BCUT2D eigenvalue weighted by molar-refractivity contribution is 5.94. The predicted molar refractivity (Wildman–Crippen MR) is 81.2 cm³/mol. The number of methoxy groups -OCH3 is 1. The van der Waals surface area contributed by atoms with E-state index in [1.165, 1.54) is 12.8 Å². The number of benzene rings is 1. The zero-order chi connectivity index (χ0) is 15.1. The molecule has 1 saturated carbocycles. The normalized spacial score (nSPS) is 13.2. The molecule has 0 unspecified atom stereocenters. The predicted octanol–water partition coefficient (Wildman–Crippen LogP) is 1.96. The average Bonchev–Trinajstić information content (AvgIpc) is 3.31. The highest BCUT2D eigenvalue weighted by Crippen LogP contribution is 2.31. The molecule has 1 aliphatic carbocycles. The Morgan fingerprint density at radius 3 is 2.95 bits per heavy atom. The molecule has 21 heavy (non-hydrogen) atoms. The molecule has 0 aromatic heterocycles. The van der Waals surface area contributed by atoms with Crippen LogP contribution < -0.4 is 10.1 Å². The number of hydrogen-bond acceptors (Lipinski definition) is 3. The Balaban J connectivity index is 2.02. The van der Waals surface area contributed by atoms with Crippen LogP contribution >= 0.6 is 0 Å². The van der Waals surface area contributed by atoms with Crippen LogP contribution in [0.15, 0.2) is 18.2 Å². The van der Waals surface area contributed by atoms with Crippen molar-refractivity contribution in [1.82, 2.24) is 5.32 Å². The highest BCUT2D eigenvalue weighted by atomic mass is 16.5. The monoisotopic (exact) mass is 287 g/mol. The van der Waals surface area contributed by atoms with Gasteiger partial charge in [-0.2, -0.15) is 0 Å². The third kappa shape index (κ3) is 4.80. The number of aliphatic hydroxyl groups is 1. The summed E-state index contributed by atoms with van der Waals surface area (Å²) in [7, 11) is 1.57. The molecule has 0 radical (unpaired) electrons. The minimum atomic E-state index is -0.0801. The first-order chi connectivity index (χ1) is 10.2. The van der Waals surface area contributed by atoms with E-state index in [1.54, 1.807) is 25.3 Å². The second-order valence-corrected chi connectivity index (χ2v) is 5.18. The van der Waals surface area contributed by atoms with Crippen LogP contribution in [-0.2, 0) is 0 Å². The molecule has 1 fully saturated rings. The maximum atomic E-state index is 12.1. The lowest BCUT2D eigenvalue weighted by Crippen LogP contribution is -2.24. The van der Waals surface area contributed by atoms with Crippen molar-refractivity contribution in [2.75, 3.05) is 20.3 Å². The second-order valence-electron chi connectivity index (χ2n) is 5.18. The molecular weight excluding hydrogens is 266 g/mol.